The number of hydrogen-bond donors (Lipinski definition) is 1. The summed E-state index contributed by atoms with van der Waals surface area (Å²) in [5.74, 6) is -0.317. The van der Waals surface area contributed by atoms with Gasteiger partial charge in [-0.3, -0.25) is 14.5 Å². The largest absolute Gasteiger partial charge is 0.329 e. The zero-order valence-corrected chi connectivity index (χ0v) is 11.6. The highest BCUT2D eigenvalue weighted by molar-refractivity contribution is 8.00. The third-order valence-corrected chi connectivity index (χ3v) is 3.90. The number of nitrogens with two attached hydrogens (primary N) is 1. The van der Waals surface area contributed by atoms with E-state index < -0.39 is 5.25 Å². The van der Waals surface area contributed by atoms with Crippen LogP contribution in [0.3, 0.4) is 0 Å². The molecule has 1 unspecified atom stereocenters. The number of carbonyl (C=O) groups is 2. The summed E-state index contributed by atoms with van der Waals surface area (Å²) in [5.41, 5.74) is 5.45. The first kappa shape index (κ1) is 13.9. The standard InChI is InChI=1S/C10H16N6O2S/c1-6(2)16-8(17)5-7(9(16)18)19-10-12-13-14-15(10)4-3-11/h6-7H,3-5,11H2,1-2H3. The third-order valence-electron chi connectivity index (χ3n) is 2.75. The highest BCUT2D eigenvalue weighted by Gasteiger charge is 2.41. The number of carbonyl (C=O) groups excluding carboxylic acids is 2. The van der Waals surface area contributed by atoms with Crippen LogP contribution in [0.5, 0.6) is 0 Å². The van der Waals surface area contributed by atoms with Crippen LogP contribution in [-0.4, -0.2) is 54.8 Å². The van der Waals surface area contributed by atoms with Gasteiger partial charge in [0.15, 0.2) is 0 Å². The van der Waals surface area contributed by atoms with Crippen molar-refractivity contribution < 1.29 is 9.59 Å². The topological polar surface area (TPSA) is 107 Å². The van der Waals surface area contributed by atoms with Crippen LogP contribution in [0.2, 0.25) is 0 Å². The Hall–Kier alpha value is -1.48. The van der Waals surface area contributed by atoms with Crippen LogP contribution < -0.4 is 5.73 Å². The van der Waals surface area contributed by atoms with Gasteiger partial charge in [0.1, 0.15) is 5.25 Å². The molecule has 9 heteroatoms. The van der Waals surface area contributed by atoms with Gasteiger partial charge in [-0.25, -0.2) is 4.68 Å². The number of hydrogen-bond acceptors (Lipinski definition) is 7. The molecule has 19 heavy (non-hydrogen) atoms. The van der Waals surface area contributed by atoms with Crippen molar-refractivity contribution in [3.8, 4) is 0 Å². The average molecular weight is 284 g/mol. The monoisotopic (exact) mass is 284 g/mol. The lowest BCUT2D eigenvalue weighted by Crippen LogP contribution is -2.37. The summed E-state index contributed by atoms with van der Waals surface area (Å²) >= 11 is 1.22. The Morgan fingerprint density at radius 3 is 2.79 bits per heavy atom. The molecule has 2 rings (SSSR count). The second kappa shape index (κ2) is 5.66. The smallest absolute Gasteiger partial charge is 0.243 e. The molecule has 0 spiro atoms. The normalized spacial score (nSPS) is 19.8. The van der Waals surface area contributed by atoms with Crippen molar-refractivity contribution in [1.82, 2.24) is 25.1 Å². The molecule has 0 radical (unpaired) electrons. The molecule has 1 fully saturated rings. The van der Waals surface area contributed by atoms with Crippen LogP contribution in [0.25, 0.3) is 0 Å². The van der Waals surface area contributed by atoms with Gasteiger partial charge in [-0.2, -0.15) is 0 Å². The number of tetrazole rings is 1. The number of thioether (sulfide) groups is 1. The molecule has 1 aromatic rings. The quantitative estimate of drug-likeness (QED) is 0.709. The zero-order chi connectivity index (χ0) is 14.0. The van der Waals surface area contributed by atoms with Gasteiger partial charge in [-0.05, 0) is 24.3 Å². The molecule has 8 nitrogen and oxygen atoms in total. The molecule has 0 aromatic carbocycles. The average Bonchev–Trinajstić information content (AvgIpc) is 2.86. The first-order valence-electron chi connectivity index (χ1n) is 6.03. The maximum atomic E-state index is 12.1. The lowest BCUT2D eigenvalue weighted by atomic mass is 10.3. The van der Waals surface area contributed by atoms with E-state index in [2.05, 4.69) is 15.5 Å². The fraction of sp³-hybridized carbons (Fsp3) is 0.700. The molecule has 0 bridgehead atoms. The molecule has 1 aliphatic rings. The van der Waals surface area contributed by atoms with E-state index in [1.807, 2.05) is 13.8 Å². The Labute approximate surface area is 114 Å². The van der Waals surface area contributed by atoms with Crippen molar-refractivity contribution in [2.45, 2.75) is 43.3 Å². The summed E-state index contributed by atoms with van der Waals surface area (Å²) in [5, 5.41) is 11.3. The molecule has 1 saturated heterocycles. The predicted octanol–water partition coefficient (Wildman–Crippen LogP) is -0.740. The molecule has 1 aliphatic heterocycles. The Morgan fingerprint density at radius 2 is 2.21 bits per heavy atom. The van der Waals surface area contributed by atoms with Crippen LogP contribution in [0.1, 0.15) is 20.3 Å². The van der Waals surface area contributed by atoms with Gasteiger partial charge in [0.05, 0.1) is 6.54 Å². The first-order valence-corrected chi connectivity index (χ1v) is 6.91. The molecular formula is C10H16N6O2S. The Kier molecular flexibility index (Phi) is 4.15. The molecule has 2 heterocycles. The van der Waals surface area contributed by atoms with E-state index in [0.717, 1.165) is 0 Å². The van der Waals surface area contributed by atoms with Crippen molar-refractivity contribution in [1.29, 1.82) is 0 Å². The van der Waals surface area contributed by atoms with Crippen LogP contribution >= 0.6 is 11.8 Å². The van der Waals surface area contributed by atoms with Crippen LogP contribution in [0.15, 0.2) is 5.16 Å². The fourth-order valence-electron chi connectivity index (χ4n) is 1.93. The van der Waals surface area contributed by atoms with E-state index in [1.165, 1.54) is 16.7 Å². The van der Waals surface area contributed by atoms with Gasteiger partial charge in [0.25, 0.3) is 0 Å². The van der Waals surface area contributed by atoms with Crippen LogP contribution in [-0.2, 0) is 16.1 Å². The van der Waals surface area contributed by atoms with Gasteiger partial charge in [0.2, 0.25) is 17.0 Å². The fourth-order valence-corrected chi connectivity index (χ4v) is 2.96. The molecule has 1 atom stereocenters. The summed E-state index contributed by atoms with van der Waals surface area (Å²) in [7, 11) is 0. The molecule has 0 aliphatic carbocycles. The van der Waals surface area contributed by atoms with Crippen LogP contribution in [0.4, 0.5) is 0 Å². The number of imide groups is 1. The zero-order valence-electron chi connectivity index (χ0n) is 10.8. The van der Waals surface area contributed by atoms with E-state index in [9.17, 15) is 9.59 Å². The van der Waals surface area contributed by atoms with Crippen molar-refractivity contribution in [3.63, 3.8) is 0 Å². The third kappa shape index (κ3) is 2.76. The van der Waals surface area contributed by atoms with Gasteiger partial charge in [-0.1, -0.05) is 11.8 Å². The summed E-state index contributed by atoms with van der Waals surface area (Å²) in [6.07, 6.45) is 0.192. The number of rotatable bonds is 5. The van der Waals surface area contributed by atoms with Gasteiger partial charge < -0.3 is 5.73 Å². The number of amides is 2. The Morgan fingerprint density at radius 1 is 1.47 bits per heavy atom. The van der Waals surface area contributed by atoms with Crippen molar-refractivity contribution in [3.05, 3.63) is 0 Å². The first-order chi connectivity index (χ1) is 9.04. The van der Waals surface area contributed by atoms with E-state index in [4.69, 9.17) is 5.73 Å². The maximum absolute atomic E-state index is 12.1. The van der Waals surface area contributed by atoms with E-state index in [1.54, 1.807) is 4.68 Å². The summed E-state index contributed by atoms with van der Waals surface area (Å²) in [4.78, 5) is 25.2. The van der Waals surface area contributed by atoms with Gasteiger partial charge >= 0.3 is 0 Å². The molecule has 1 aromatic heterocycles. The predicted molar refractivity (Wildman–Crippen MR) is 68.1 cm³/mol. The van der Waals surface area contributed by atoms with E-state index >= 15 is 0 Å². The highest BCUT2D eigenvalue weighted by Crippen LogP contribution is 2.30. The number of aromatic nitrogens is 4. The lowest BCUT2D eigenvalue weighted by molar-refractivity contribution is -0.140. The van der Waals surface area contributed by atoms with Crippen molar-refractivity contribution in [2.24, 2.45) is 5.73 Å². The second-order valence-electron chi connectivity index (χ2n) is 4.48. The van der Waals surface area contributed by atoms with Gasteiger partial charge in [-0.15, -0.1) is 5.10 Å². The molecule has 2 N–H and O–H groups in total. The SMILES string of the molecule is CC(C)N1C(=O)CC(Sc2nnnn2CCN)C1=O. The Balaban J connectivity index is 2.10. The summed E-state index contributed by atoms with van der Waals surface area (Å²) in [6, 6.07) is -0.120. The number of likely N-dealkylation sites (tertiary alicyclic amines) is 1. The minimum atomic E-state index is -0.447. The molecule has 104 valence electrons. The van der Waals surface area contributed by atoms with Crippen molar-refractivity contribution >= 4 is 23.6 Å². The minimum Gasteiger partial charge on any atom is -0.329 e. The molecular weight excluding hydrogens is 268 g/mol. The number of nitrogens with zero attached hydrogens (tertiary/aromatic N) is 5. The van der Waals surface area contributed by atoms with Crippen LogP contribution in [0, 0.1) is 0 Å². The summed E-state index contributed by atoms with van der Waals surface area (Å²) < 4.78 is 1.54. The maximum Gasteiger partial charge on any atom is 0.243 e. The van der Waals surface area contributed by atoms with Crippen molar-refractivity contribution in [2.75, 3.05) is 6.54 Å². The summed E-state index contributed by atoms with van der Waals surface area (Å²) in [6.45, 7) is 4.54. The van der Waals surface area contributed by atoms with E-state index in [-0.39, 0.29) is 24.3 Å². The highest BCUT2D eigenvalue weighted by atomic mass is 32.2. The Bertz CT molecular complexity index is 488. The lowest BCUT2D eigenvalue weighted by Gasteiger charge is -2.18. The minimum absolute atomic E-state index is 0.120. The molecule has 0 saturated carbocycles. The second-order valence-corrected chi connectivity index (χ2v) is 5.65. The van der Waals surface area contributed by atoms with Gasteiger partial charge in [0, 0.05) is 19.0 Å². The van der Waals surface area contributed by atoms with E-state index in [0.29, 0.717) is 18.2 Å². The molecule has 2 amide bonds.